The fraction of sp³-hybridized carbons (Fsp3) is 0.500. The fourth-order valence-electron chi connectivity index (χ4n) is 6.52. The van der Waals surface area contributed by atoms with Crippen LogP contribution in [-0.4, -0.2) is 48.7 Å². The molecule has 9 nitrogen and oxygen atoms in total. The van der Waals surface area contributed by atoms with E-state index in [4.69, 9.17) is 16.6 Å². The number of H-pyrrole nitrogens is 1. The highest BCUT2D eigenvalue weighted by molar-refractivity contribution is 6.47. The lowest BCUT2D eigenvalue weighted by molar-refractivity contribution is -0.133. The van der Waals surface area contributed by atoms with Gasteiger partial charge in [0.1, 0.15) is 17.2 Å². The van der Waals surface area contributed by atoms with Gasteiger partial charge in [0.05, 0.1) is 12.6 Å². The number of aromatic nitrogens is 4. The van der Waals surface area contributed by atoms with Crippen molar-refractivity contribution in [3.8, 4) is 0 Å². The number of carbonyl (C=O) groups excluding carboxylic acids is 2. The predicted molar refractivity (Wildman–Crippen MR) is 163 cm³/mol. The third-order valence-corrected chi connectivity index (χ3v) is 9.57. The lowest BCUT2D eigenvalue weighted by Crippen LogP contribution is -2.51. The van der Waals surface area contributed by atoms with E-state index in [0.717, 1.165) is 44.1 Å². The number of tetrazole rings is 1. The fourth-order valence-corrected chi connectivity index (χ4v) is 6.74. The first-order valence-corrected chi connectivity index (χ1v) is 15.4. The number of benzene rings is 2. The molecule has 2 N–H and O–H groups in total. The highest BCUT2D eigenvalue weighted by Crippen LogP contribution is 2.50. The Balaban J connectivity index is 1.47. The van der Waals surface area contributed by atoms with Crippen LogP contribution >= 0.6 is 11.6 Å². The molecule has 2 amide bonds. The first-order valence-electron chi connectivity index (χ1n) is 15.1. The van der Waals surface area contributed by atoms with Crippen molar-refractivity contribution in [3.63, 3.8) is 0 Å². The zero-order valence-corrected chi connectivity index (χ0v) is 25.9. The van der Waals surface area contributed by atoms with Crippen molar-refractivity contribution in [2.45, 2.75) is 90.9 Å². The van der Waals surface area contributed by atoms with E-state index in [9.17, 15) is 14.0 Å². The van der Waals surface area contributed by atoms with Crippen molar-refractivity contribution >= 4 is 29.1 Å². The maximum absolute atomic E-state index is 14.4. The number of aromatic amines is 1. The number of halogens is 2. The molecule has 1 saturated carbocycles. The Labute approximate surface area is 256 Å². The normalized spacial score (nSPS) is 21.3. The monoisotopic (exact) mass is 607 g/mol. The third kappa shape index (κ3) is 6.34. The molecule has 5 rings (SSSR count). The molecule has 0 saturated heterocycles. The number of nitrogens with zero attached hydrogens (tertiary/aromatic N) is 5. The van der Waals surface area contributed by atoms with Crippen LogP contribution in [0.2, 0.25) is 5.02 Å². The second-order valence-electron chi connectivity index (χ2n) is 12.3. The Morgan fingerprint density at radius 2 is 1.91 bits per heavy atom. The van der Waals surface area contributed by atoms with Gasteiger partial charge in [-0.15, -0.1) is 10.2 Å². The van der Waals surface area contributed by atoms with E-state index in [1.54, 1.807) is 18.2 Å². The molecule has 1 spiro atoms. The average molecular weight is 608 g/mol. The van der Waals surface area contributed by atoms with Gasteiger partial charge in [-0.05, 0) is 79.3 Å². The van der Waals surface area contributed by atoms with Gasteiger partial charge in [-0.2, -0.15) is 5.21 Å². The van der Waals surface area contributed by atoms with Gasteiger partial charge in [0.25, 0.3) is 11.8 Å². The summed E-state index contributed by atoms with van der Waals surface area (Å²) in [5.74, 6) is -0.0638. The molecule has 228 valence electrons. The van der Waals surface area contributed by atoms with Gasteiger partial charge >= 0.3 is 0 Å². The van der Waals surface area contributed by atoms with Crippen molar-refractivity contribution < 1.29 is 14.0 Å². The van der Waals surface area contributed by atoms with Crippen LogP contribution in [0.15, 0.2) is 47.5 Å². The summed E-state index contributed by atoms with van der Waals surface area (Å²) in [5, 5.41) is 16.6. The van der Waals surface area contributed by atoms with Gasteiger partial charge in [-0.25, -0.2) is 4.39 Å². The molecule has 1 atom stereocenters. The second-order valence-corrected chi connectivity index (χ2v) is 12.8. The van der Waals surface area contributed by atoms with Crippen LogP contribution in [0.5, 0.6) is 0 Å². The molecular weight excluding hydrogens is 569 g/mol. The average Bonchev–Trinajstić information content (AvgIpc) is 3.61. The van der Waals surface area contributed by atoms with Gasteiger partial charge in [0.2, 0.25) is 0 Å². The van der Waals surface area contributed by atoms with Crippen LogP contribution in [0.3, 0.4) is 0 Å². The minimum atomic E-state index is -0.730. The van der Waals surface area contributed by atoms with Crippen LogP contribution in [0, 0.1) is 17.2 Å². The van der Waals surface area contributed by atoms with Crippen LogP contribution in [0.4, 0.5) is 4.39 Å². The molecule has 0 bridgehead atoms. The van der Waals surface area contributed by atoms with Gasteiger partial charge in [0.15, 0.2) is 5.82 Å². The van der Waals surface area contributed by atoms with E-state index < -0.39 is 11.5 Å². The summed E-state index contributed by atoms with van der Waals surface area (Å²) in [4.78, 5) is 34.2. The highest BCUT2D eigenvalue weighted by atomic mass is 35.5. The zero-order chi connectivity index (χ0) is 30.8. The van der Waals surface area contributed by atoms with E-state index in [0.29, 0.717) is 29.3 Å². The van der Waals surface area contributed by atoms with Gasteiger partial charge < -0.3 is 10.2 Å². The summed E-state index contributed by atoms with van der Waals surface area (Å²) >= 11 is 6.21. The van der Waals surface area contributed by atoms with Crippen molar-refractivity contribution in [1.29, 1.82) is 0 Å². The summed E-state index contributed by atoms with van der Waals surface area (Å²) < 4.78 is 14.4. The van der Waals surface area contributed by atoms with Gasteiger partial charge in [-0.3, -0.25) is 14.6 Å². The summed E-state index contributed by atoms with van der Waals surface area (Å²) in [5.41, 5.74) is 1.53. The number of nitrogens with one attached hydrogen (secondary N) is 2. The van der Waals surface area contributed by atoms with E-state index in [1.165, 1.54) is 12.1 Å². The molecule has 0 unspecified atom stereocenters. The first-order chi connectivity index (χ1) is 20.6. The van der Waals surface area contributed by atoms with Gasteiger partial charge in [-0.1, -0.05) is 69.5 Å². The van der Waals surface area contributed by atoms with E-state index in [-0.39, 0.29) is 40.6 Å². The Bertz CT molecular complexity index is 1460. The molecule has 1 aromatic heterocycles. The second kappa shape index (κ2) is 12.5. The molecule has 2 aliphatic rings. The van der Waals surface area contributed by atoms with Crippen molar-refractivity contribution in [2.24, 2.45) is 16.3 Å². The molecular formula is C32H39ClFN7O2. The van der Waals surface area contributed by atoms with E-state index >= 15 is 0 Å². The molecule has 0 radical (unpaired) electrons. The topological polar surface area (TPSA) is 116 Å². The lowest BCUT2D eigenvalue weighted by Gasteiger charge is -2.48. The maximum Gasteiger partial charge on any atom is 0.275 e. The summed E-state index contributed by atoms with van der Waals surface area (Å²) in [6.07, 6.45) is 5.99. The Morgan fingerprint density at radius 3 is 2.51 bits per heavy atom. The number of amides is 2. The highest BCUT2D eigenvalue weighted by Gasteiger charge is 2.52. The molecule has 1 aliphatic carbocycles. The molecule has 2 aromatic carbocycles. The molecule has 43 heavy (non-hydrogen) atoms. The summed E-state index contributed by atoms with van der Waals surface area (Å²) in [6.45, 7) is 9.11. The number of carbonyl (C=O) groups is 2. The number of aliphatic imine (C=N–C) groups is 1. The van der Waals surface area contributed by atoms with Crippen molar-refractivity contribution in [1.82, 2.24) is 30.8 Å². The van der Waals surface area contributed by atoms with Crippen molar-refractivity contribution in [2.75, 3.05) is 0 Å². The molecule has 3 aromatic rings. The molecule has 1 aliphatic heterocycles. The third-order valence-electron chi connectivity index (χ3n) is 9.36. The minimum absolute atomic E-state index is 0.153. The number of rotatable bonds is 10. The van der Waals surface area contributed by atoms with Crippen molar-refractivity contribution in [3.05, 3.63) is 75.8 Å². The van der Waals surface area contributed by atoms with E-state index in [1.807, 2.05) is 17.0 Å². The molecule has 11 heteroatoms. The first kappa shape index (κ1) is 30.8. The Kier molecular flexibility index (Phi) is 8.96. The minimum Gasteiger partial charge on any atom is -0.345 e. The predicted octanol–water partition coefficient (Wildman–Crippen LogP) is 6.42. The standard InChI is InChI=1S/C32H39ClFN7O2/c1-5-7-26(20-8-10-21(11-9-20)29(42)35-19-27-37-39-40-38-27)41-30(43)28(22-16-24(33)18-25(34)17-22)36-32(41)14-12-23(13-15-32)31(3,4)6-2/h8-11,16-18,23,26H,5-7,12-15,19H2,1-4H3,(H,35,42)(H,37,38,39,40)/t23?,26-,32?/m1/s1. The quantitative estimate of drug-likeness (QED) is 0.276. The molecule has 1 fully saturated rings. The summed E-state index contributed by atoms with van der Waals surface area (Å²) in [6, 6.07) is 11.3. The van der Waals surface area contributed by atoms with Crippen LogP contribution in [0.25, 0.3) is 0 Å². The number of hydrogen-bond acceptors (Lipinski definition) is 6. The lowest BCUT2D eigenvalue weighted by atomic mass is 9.67. The number of hydrogen-bond donors (Lipinski definition) is 2. The Morgan fingerprint density at radius 1 is 1.19 bits per heavy atom. The van der Waals surface area contributed by atoms with E-state index in [2.05, 4.69) is 53.6 Å². The molecule has 2 heterocycles. The summed E-state index contributed by atoms with van der Waals surface area (Å²) in [7, 11) is 0. The largest absolute Gasteiger partial charge is 0.345 e. The zero-order valence-electron chi connectivity index (χ0n) is 25.2. The Hall–Kier alpha value is -3.66. The SMILES string of the molecule is CCC[C@H](c1ccc(C(=O)NCc2nn[nH]n2)cc1)N1C(=O)C(c2cc(F)cc(Cl)c2)=NC12CCC(C(C)(C)CC)CC2. The maximum atomic E-state index is 14.4. The van der Waals surface area contributed by atoms with Gasteiger partial charge in [0, 0.05) is 16.1 Å². The van der Waals surface area contributed by atoms with Crippen LogP contribution in [-0.2, 0) is 11.3 Å². The van der Waals surface area contributed by atoms with Crippen LogP contribution in [0.1, 0.15) is 106 Å². The smallest absolute Gasteiger partial charge is 0.275 e. The van der Waals surface area contributed by atoms with Crippen LogP contribution < -0.4 is 5.32 Å².